The van der Waals surface area contributed by atoms with E-state index in [0.29, 0.717) is 6.54 Å². The van der Waals surface area contributed by atoms with Crippen LogP contribution in [-0.2, 0) is 16.1 Å². The average molecular weight is 251 g/mol. The fourth-order valence-electron chi connectivity index (χ4n) is 1.49. The molecule has 0 radical (unpaired) electrons. The topological polar surface area (TPSA) is 67.6 Å². The van der Waals surface area contributed by atoms with Crippen molar-refractivity contribution < 1.29 is 9.53 Å². The van der Waals surface area contributed by atoms with E-state index in [1.165, 1.54) is 7.11 Å². The lowest BCUT2D eigenvalue weighted by Crippen LogP contribution is -2.43. The summed E-state index contributed by atoms with van der Waals surface area (Å²) in [7, 11) is 5.49. The molecule has 0 saturated carbocycles. The average Bonchev–Trinajstić information content (AvgIpc) is 2.36. The second-order valence-corrected chi connectivity index (χ2v) is 4.34. The zero-order valence-electron chi connectivity index (χ0n) is 11.1. The summed E-state index contributed by atoms with van der Waals surface area (Å²) in [5.41, 5.74) is 7.78. The number of ether oxygens (including phenoxy) is 1. The predicted molar refractivity (Wildman–Crippen MR) is 72.5 cm³/mol. The molecule has 0 aliphatic heterocycles. The minimum atomic E-state index is -0.615. The first-order valence-corrected chi connectivity index (χ1v) is 5.83. The Balaban J connectivity index is 2.46. The quantitative estimate of drug-likeness (QED) is 0.765. The third-order valence-electron chi connectivity index (χ3n) is 2.60. The van der Waals surface area contributed by atoms with Gasteiger partial charge in [0.05, 0.1) is 6.61 Å². The molecule has 0 aliphatic rings. The van der Waals surface area contributed by atoms with Crippen molar-refractivity contribution in [1.82, 2.24) is 5.32 Å². The molecule has 0 bridgehead atoms. The number of methoxy groups -OCH3 is 1. The monoisotopic (exact) mass is 251 g/mol. The molecule has 5 nitrogen and oxygen atoms in total. The van der Waals surface area contributed by atoms with Crippen LogP contribution in [0.4, 0.5) is 5.69 Å². The highest BCUT2D eigenvalue weighted by atomic mass is 16.5. The second-order valence-electron chi connectivity index (χ2n) is 4.34. The van der Waals surface area contributed by atoms with E-state index in [4.69, 9.17) is 10.5 Å². The highest BCUT2D eigenvalue weighted by Crippen LogP contribution is 2.11. The van der Waals surface area contributed by atoms with E-state index in [0.717, 1.165) is 11.3 Å². The predicted octanol–water partition coefficient (Wildman–Crippen LogP) is 0.343. The highest BCUT2D eigenvalue weighted by molar-refractivity contribution is 5.81. The molecule has 1 rings (SSSR count). The molecule has 1 aromatic carbocycles. The Labute approximate surface area is 108 Å². The van der Waals surface area contributed by atoms with E-state index in [1.807, 2.05) is 43.3 Å². The van der Waals surface area contributed by atoms with Crippen LogP contribution >= 0.6 is 0 Å². The number of amides is 1. The number of hydrogen-bond donors (Lipinski definition) is 2. The number of anilines is 1. The van der Waals surface area contributed by atoms with Gasteiger partial charge in [-0.25, -0.2) is 0 Å². The first-order chi connectivity index (χ1) is 8.54. The van der Waals surface area contributed by atoms with Crippen LogP contribution in [-0.4, -0.2) is 39.8 Å². The molecule has 5 heteroatoms. The van der Waals surface area contributed by atoms with Gasteiger partial charge in [-0.3, -0.25) is 4.79 Å². The zero-order valence-corrected chi connectivity index (χ0v) is 11.1. The Morgan fingerprint density at radius 3 is 2.50 bits per heavy atom. The summed E-state index contributed by atoms with van der Waals surface area (Å²) in [6.07, 6.45) is 0. The second kappa shape index (κ2) is 6.98. The van der Waals surface area contributed by atoms with Crippen LogP contribution in [0.3, 0.4) is 0 Å². The fraction of sp³-hybridized carbons (Fsp3) is 0.462. The summed E-state index contributed by atoms with van der Waals surface area (Å²) in [6.45, 7) is 0.704. The van der Waals surface area contributed by atoms with Crippen molar-refractivity contribution in [2.24, 2.45) is 5.73 Å². The lowest BCUT2D eigenvalue weighted by Gasteiger charge is -2.14. The van der Waals surface area contributed by atoms with Gasteiger partial charge in [-0.15, -0.1) is 0 Å². The van der Waals surface area contributed by atoms with Crippen molar-refractivity contribution in [3.8, 4) is 0 Å². The maximum absolute atomic E-state index is 11.6. The van der Waals surface area contributed by atoms with Crippen molar-refractivity contribution in [1.29, 1.82) is 0 Å². The molecule has 3 N–H and O–H groups in total. The number of hydrogen-bond acceptors (Lipinski definition) is 4. The third-order valence-corrected chi connectivity index (χ3v) is 2.60. The maximum atomic E-state index is 11.6. The normalized spacial score (nSPS) is 12.0. The molecule has 1 unspecified atom stereocenters. The SMILES string of the molecule is COCC(N)C(=O)NCc1ccc(N(C)C)cc1. The lowest BCUT2D eigenvalue weighted by atomic mass is 10.2. The van der Waals surface area contributed by atoms with Gasteiger partial charge >= 0.3 is 0 Å². The van der Waals surface area contributed by atoms with Crippen LogP contribution < -0.4 is 16.0 Å². The van der Waals surface area contributed by atoms with E-state index in [9.17, 15) is 4.79 Å². The van der Waals surface area contributed by atoms with Crippen LogP contribution in [0.5, 0.6) is 0 Å². The van der Waals surface area contributed by atoms with Crippen LogP contribution in [0.1, 0.15) is 5.56 Å². The molecular formula is C13H21N3O2. The lowest BCUT2D eigenvalue weighted by molar-refractivity contribution is -0.123. The van der Waals surface area contributed by atoms with Crippen LogP contribution in [0.15, 0.2) is 24.3 Å². The minimum Gasteiger partial charge on any atom is -0.383 e. The summed E-state index contributed by atoms with van der Waals surface area (Å²) in [6, 6.07) is 7.37. The molecule has 0 aromatic heterocycles. The standard InChI is InChI=1S/C13H21N3O2/c1-16(2)11-6-4-10(5-7-11)8-15-13(17)12(14)9-18-3/h4-7,12H,8-9,14H2,1-3H3,(H,15,17). The first kappa shape index (κ1) is 14.5. The molecule has 1 aromatic rings. The van der Waals surface area contributed by atoms with Crippen LogP contribution in [0, 0.1) is 0 Å². The molecule has 1 atom stereocenters. The van der Waals surface area contributed by atoms with Gasteiger partial charge in [0.2, 0.25) is 5.91 Å². The number of nitrogens with zero attached hydrogens (tertiary/aromatic N) is 1. The number of rotatable bonds is 6. The number of carbonyl (C=O) groups is 1. The summed E-state index contributed by atoms with van der Waals surface area (Å²) in [5, 5.41) is 2.77. The molecule has 0 spiro atoms. The van der Waals surface area contributed by atoms with E-state index in [-0.39, 0.29) is 12.5 Å². The van der Waals surface area contributed by atoms with Gasteiger partial charge in [0.15, 0.2) is 0 Å². The Hall–Kier alpha value is -1.59. The number of carbonyl (C=O) groups excluding carboxylic acids is 1. The Morgan fingerprint density at radius 2 is 2.00 bits per heavy atom. The summed E-state index contributed by atoms with van der Waals surface area (Å²) < 4.78 is 4.83. The summed E-state index contributed by atoms with van der Waals surface area (Å²) in [4.78, 5) is 13.6. The largest absolute Gasteiger partial charge is 0.383 e. The van der Waals surface area contributed by atoms with Crippen molar-refractivity contribution in [3.63, 3.8) is 0 Å². The van der Waals surface area contributed by atoms with Gasteiger partial charge in [0.1, 0.15) is 6.04 Å². The van der Waals surface area contributed by atoms with E-state index >= 15 is 0 Å². The Kier molecular flexibility index (Phi) is 5.61. The summed E-state index contributed by atoms with van der Waals surface area (Å²) in [5.74, 6) is -0.200. The number of benzene rings is 1. The molecular weight excluding hydrogens is 230 g/mol. The highest BCUT2D eigenvalue weighted by Gasteiger charge is 2.12. The molecule has 1 amide bonds. The smallest absolute Gasteiger partial charge is 0.239 e. The van der Waals surface area contributed by atoms with Crippen molar-refractivity contribution >= 4 is 11.6 Å². The van der Waals surface area contributed by atoms with Crippen LogP contribution in [0.25, 0.3) is 0 Å². The molecule has 100 valence electrons. The van der Waals surface area contributed by atoms with Gasteiger partial charge in [-0.1, -0.05) is 12.1 Å². The van der Waals surface area contributed by atoms with Gasteiger partial charge in [-0.05, 0) is 17.7 Å². The maximum Gasteiger partial charge on any atom is 0.239 e. The summed E-state index contributed by atoms with van der Waals surface area (Å²) >= 11 is 0. The van der Waals surface area contributed by atoms with Gasteiger partial charge < -0.3 is 20.7 Å². The molecule has 18 heavy (non-hydrogen) atoms. The van der Waals surface area contributed by atoms with Crippen molar-refractivity contribution in [3.05, 3.63) is 29.8 Å². The van der Waals surface area contributed by atoms with E-state index < -0.39 is 6.04 Å². The van der Waals surface area contributed by atoms with Gasteiger partial charge in [-0.2, -0.15) is 0 Å². The molecule has 0 fully saturated rings. The van der Waals surface area contributed by atoms with Gasteiger partial charge in [0, 0.05) is 33.4 Å². The number of nitrogens with two attached hydrogens (primary N) is 1. The zero-order chi connectivity index (χ0) is 13.5. The minimum absolute atomic E-state index is 0.200. The van der Waals surface area contributed by atoms with Gasteiger partial charge in [0.25, 0.3) is 0 Å². The van der Waals surface area contributed by atoms with E-state index in [2.05, 4.69) is 5.32 Å². The first-order valence-electron chi connectivity index (χ1n) is 5.83. The third kappa shape index (κ3) is 4.35. The Bertz CT molecular complexity index is 376. The molecule has 0 heterocycles. The Morgan fingerprint density at radius 1 is 1.39 bits per heavy atom. The fourth-order valence-corrected chi connectivity index (χ4v) is 1.49. The van der Waals surface area contributed by atoms with Crippen molar-refractivity contribution in [2.45, 2.75) is 12.6 Å². The van der Waals surface area contributed by atoms with Crippen LogP contribution in [0.2, 0.25) is 0 Å². The van der Waals surface area contributed by atoms with E-state index in [1.54, 1.807) is 0 Å². The number of nitrogens with one attached hydrogen (secondary N) is 1. The molecule has 0 aliphatic carbocycles. The molecule has 0 saturated heterocycles. The van der Waals surface area contributed by atoms with Crippen molar-refractivity contribution in [2.75, 3.05) is 32.7 Å².